The standard InChI is InChI=1S/C43H25N5O/c1-2-12-26(13-3-1)47-36-22-21-29-28-15-5-9-20-39(28)49-42(29)40(36)31-24-30-27-14-4-8-19-35(27)48(37(30)25-38(31)47)43-41(34-18-10-11-23-44-34)45-32-16-6-7-17-33(32)46-43/h1-25H. The fourth-order valence-electron chi connectivity index (χ4n) is 7.65. The first-order valence-corrected chi connectivity index (χ1v) is 16.4. The first-order chi connectivity index (χ1) is 24.3. The Kier molecular flexibility index (Phi) is 5.29. The van der Waals surface area contributed by atoms with Gasteiger partial charge in [0, 0.05) is 38.8 Å². The van der Waals surface area contributed by atoms with E-state index in [1.165, 1.54) is 0 Å². The van der Waals surface area contributed by atoms with Gasteiger partial charge in [0.25, 0.3) is 0 Å². The fraction of sp³-hybridized carbons (Fsp3) is 0. The van der Waals surface area contributed by atoms with E-state index < -0.39 is 0 Å². The lowest BCUT2D eigenvalue weighted by Crippen LogP contribution is -2.04. The second-order valence-electron chi connectivity index (χ2n) is 12.4. The van der Waals surface area contributed by atoms with Crippen molar-refractivity contribution >= 4 is 76.6 Å². The third-order valence-electron chi connectivity index (χ3n) is 9.75. The molecule has 0 N–H and O–H groups in total. The van der Waals surface area contributed by atoms with E-state index in [1.807, 2.05) is 60.8 Å². The van der Waals surface area contributed by atoms with Crippen molar-refractivity contribution < 1.29 is 4.42 Å². The van der Waals surface area contributed by atoms with Gasteiger partial charge >= 0.3 is 0 Å². The summed E-state index contributed by atoms with van der Waals surface area (Å²) in [6.07, 6.45) is 1.81. The van der Waals surface area contributed by atoms with E-state index >= 15 is 0 Å². The van der Waals surface area contributed by atoms with Crippen molar-refractivity contribution in [3.8, 4) is 22.9 Å². The molecule has 6 aromatic carbocycles. The monoisotopic (exact) mass is 627 g/mol. The Morgan fingerprint density at radius 1 is 0.469 bits per heavy atom. The topological polar surface area (TPSA) is 61.7 Å². The van der Waals surface area contributed by atoms with Crippen LogP contribution in [0.5, 0.6) is 0 Å². The first-order valence-electron chi connectivity index (χ1n) is 16.4. The molecule has 11 rings (SSSR count). The number of nitrogens with zero attached hydrogens (tertiary/aromatic N) is 5. The molecule has 0 unspecified atom stereocenters. The molecule has 5 heterocycles. The Labute approximate surface area is 279 Å². The second-order valence-corrected chi connectivity index (χ2v) is 12.4. The zero-order valence-electron chi connectivity index (χ0n) is 26.1. The molecule has 0 amide bonds. The van der Waals surface area contributed by atoms with Crippen molar-refractivity contribution in [3.05, 3.63) is 152 Å². The maximum atomic E-state index is 6.66. The zero-order valence-corrected chi connectivity index (χ0v) is 26.1. The molecule has 0 bridgehead atoms. The van der Waals surface area contributed by atoms with Crippen LogP contribution in [0.15, 0.2) is 156 Å². The molecule has 49 heavy (non-hydrogen) atoms. The fourth-order valence-corrected chi connectivity index (χ4v) is 7.65. The SMILES string of the molecule is c1ccc(-n2c3cc4c(cc3c3c5oc6ccccc6c5ccc32)c2ccccc2n4-c2nc3ccccc3nc2-c2ccccn2)cc1. The number of fused-ring (bicyclic) bond motifs is 11. The highest BCUT2D eigenvalue weighted by atomic mass is 16.3. The molecule has 0 spiro atoms. The molecule has 0 fully saturated rings. The van der Waals surface area contributed by atoms with Crippen LogP contribution < -0.4 is 0 Å². The van der Waals surface area contributed by atoms with E-state index in [9.17, 15) is 0 Å². The summed E-state index contributed by atoms with van der Waals surface area (Å²) in [5.41, 5.74) is 10.3. The van der Waals surface area contributed by atoms with E-state index in [1.54, 1.807) is 0 Å². The van der Waals surface area contributed by atoms with Crippen molar-refractivity contribution in [3.63, 3.8) is 0 Å². The molecule has 0 saturated heterocycles. The molecule has 0 saturated carbocycles. The van der Waals surface area contributed by atoms with Gasteiger partial charge in [0.05, 0.1) is 44.2 Å². The minimum atomic E-state index is 0.731. The molecular weight excluding hydrogens is 603 g/mol. The molecule has 228 valence electrons. The second kappa shape index (κ2) is 9.86. The highest BCUT2D eigenvalue weighted by molar-refractivity contribution is 6.26. The largest absolute Gasteiger partial charge is 0.455 e. The van der Waals surface area contributed by atoms with Crippen LogP contribution >= 0.6 is 0 Å². The normalized spacial score (nSPS) is 12.1. The summed E-state index contributed by atoms with van der Waals surface area (Å²) in [6.45, 7) is 0. The number of hydrogen-bond donors (Lipinski definition) is 0. The molecule has 0 aliphatic heterocycles. The summed E-state index contributed by atoms with van der Waals surface area (Å²) in [7, 11) is 0. The van der Waals surface area contributed by atoms with Gasteiger partial charge in [-0.3, -0.25) is 9.55 Å². The predicted molar refractivity (Wildman–Crippen MR) is 199 cm³/mol. The molecule has 6 heteroatoms. The molecule has 0 radical (unpaired) electrons. The van der Waals surface area contributed by atoms with E-state index in [0.717, 1.165) is 99.5 Å². The summed E-state index contributed by atoms with van der Waals surface area (Å²) in [5, 5.41) is 6.74. The van der Waals surface area contributed by atoms with Crippen molar-refractivity contribution in [2.45, 2.75) is 0 Å². The number of furan rings is 1. The predicted octanol–water partition coefficient (Wildman–Crippen LogP) is 10.8. The Morgan fingerprint density at radius 3 is 2.06 bits per heavy atom. The molecular formula is C43H25N5O. The van der Waals surface area contributed by atoms with Crippen LogP contribution in [0.4, 0.5) is 0 Å². The van der Waals surface area contributed by atoms with Crippen LogP contribution in [0.1, 0.15) is 0 Å². The average Bonchev–Trinajstić information content (AvgIpc) is 3.81. The van der Waals surface area contributed by atoms with Crippen LogP contribution in [-0.4, -0.2) is 24.1 Å². The number of para-hydroxylation sites is 5. The van der Waals surface area contributed by atoms with Gasteiger partial charge in [-0.25, -0.2) is 9.97 Å². The van der Waals surface area contributed by atoms with Gasteiger partial charge in [-0.1, -0.05) is 72.8 Å². The average molecular weight is 628 g/mol. The number of aromatic nitrogens is 5. The van der Waals surface area contributed by atoms with Crippen LogP contribution in [0.3, 0.4) is 0 Å². The Hall–Kier alpha value is -6.79. The minimum absolute atomic E-state index is 0.731. The number of pyridine rings is 1. The van der Waals surface area contributed by atoms with Gasteiger partial charge < -0.3 is 8.98 Å². The summed E-state index contributed by atoms with van der Waals surface area (Å²) in [5.74, 6) is 0.741. The van der Waals surface area contributed by atoms with Crippen LogP contribution in [0.25, 0.3) is 99.5 Å². The van der Waals surface area contributed by atoms with E-state index in [-0.39, 0.29) is 0 Å². The molecule has 6 nitrogen and oxygen atoms in total. The third-order valence-corrected chi connectivity index (χ3v) is 9.75. The van der Waals surface area contributed by atoms with Crippen molar-refractivity contribution in [2.24, 2.45) is 0 Å². The summed E-state index contributed by atoms with van der Waals surface area (Å²) in [4.78, 5) is 15.2. The highest BCUT2D eigenvalue weighted by Crippen LogP contribution is 2.44. The lowest BCUT2D eigenvalue weighted by atomic mass is 10.1. The maximum absolute atomic E-state index is 6.66. The van der Waals surface area contributed by atoms with Gasteiger partial charge in [-0.05, 0) is 72.8 Å². The van der Waals surface area contributed by atoms with Gasteiger partial charge in [-0.2, -0.15) is 0 Å². The molecule has 0 atom stereocenters. The third kappa shape index (κ3) is 3.68. The Bertz CT molecular complexity index is 3100. The smallest absolute Gasteiger partial charge is 0.166 e. The Morgan fingerprint density at radius 2 is 1.20 bits per heavy atom. The van der Waals surface area contributed by atoms with Crippen LogP contribution in [0, 0.1) is 0 Å². The molecule has 11 aromatic rings. The van der Waals surface area contributed by atoms with Gasteiger partial charge in [0.15, 0.2) is 5.82 Å². The summed E-state index contributed by atoms with van der Waals surface area (Å²) >= 11 is 0. The van der Waals surface area contributed by atoms with Crippen molar-refractivity contribution in [1.29, 1.82) is 0 Å². The van der Waals surface area contributed by atoms with E-state index in [4.69, 9.17) is 19.4 Å². The number of rotatable bonds is 3. The van der Waals surface area contributed by atoms with Crippen molar-refractivity contribution in [2.75, 3.05) is 0 Å². The lowest BCUT2D eigenvalue weighted by Gasteiger charge is -2.13. The first kappa shape index (κ1) is 26.3. The van der Waals surface area contributed by atoms with Crippen LogP contribution in [0.2, 0.25) is 0 Å². The van der Waals surface area contributed by atoms with Crippen molar-refractivity contribution in [1.82, 2.24) is 24.1 Å². The quantitative estimate of drug-likeness (QED) is 0.196. The Balaban J connectivity index is 1.34. The summed E-state index contributed by atoms with van der Waals surface area (Å²) < 4.78 is 11.3. The van der Waals surface area contributed by atoms with E-state index in [2.05, 4.69) is 100 Å². The highest BCUT2D eigenvalue weighted by Gasteiger charge is 2.24. The number of benzene rings is 6. The minimum Gasteiger partial charge on any atom is -0.455 e. The van der Waals surface area contributed by atoms with Gasteiger partial charge in [0.2, 0.25) is 0 Å². The zero-order chi connectivity index (χ0) is 32.1. The molecule has 0 aliphatic carbocycles. The van der Waals surface area contributed by atoms with Gasteiger partial charge in [0.1, 0.15) is 16.9 Å². The van der Waals surface area contributed by atoms with Crippen LogP contribution in [-0.2, 0) is 0 Å². The lowest BCUT2D eigenvalue weighted by molar-refractivity contribution is 0.673. The van der Waals surface area contributed by atoms with Gasteiger partial charge in [-0.15, -0.1) is 0 Å². The maximum Gasteiger partial charge on any atom is 0.166 e. The summed E-state index contributed by atoms with van der Waals surface area (Å²) in [6, 6.07) is 50.4. The van der Waals surface area contributed by atoms with E-state index in [0.29, 0.717) is 0 Å². The molecule has 0 aliphatic rings. The molecule has 5 aromatic heterocycles. The number of hydrogen-bond acceptors (Lipinski definition) is 4.